The molecule has 0 unspecified atom stereocenters. The van der Waals surface area contributed by atoms with Crippen molar-refractivity contribution in [1.29, 1.82) is 0 Å². The maximum Gasteiger partial charge on any atom is 0.246 e. The Morgan fingerprint density at radius 1 is 1.03 bits per heavy atom. The van der Waals surface area contributed by atoms with Crippen LogP contribution < -0.4 is 19.5 Å². The number of amides is 1. The quantitative estimate of drug-likeness (QED) is 0.566. The Kier molecular flexibility index (Phi) is 6.92. The summed E-state index contributed by atoms with van der Waals surface area (Å²) in [6.07, 6.45) is -0.190. The minimum atomic E-state index is -0.508. The Hall–Kier alpha value is -3.51. The number of para-hydroxylation sites is 4. The van der Waals surface area contributed by atoms with Crippen molar-refractivity contribution in [1.82, 2.24) is 4.90 Å². The Morgan fingerprint density at radius 3 is 2.50 bits per heavy atom. The van der Waals surface area contributed by atoms with Gasteiger partial charge in [0.15, 0.2) is 11.5 Å². The van der Waals surface area contributed by atoms with Gasteiger partial charge in [-0.15, -0.1) is 0 Å². The third kappa shape index (κ3) is 5.03. The zero-order chi connectivity index (χ0) is 22.3. The molecule has 1 amide bonds. The molecule has 3 aromatic rings. The number of rotatable bonds is 8. The van der Waals surface area contributed by atoms with Crippen LogP contribution in [0, 0.1) is 0 Å². The van der Waals surface area contributed by atoms with Crippen molar-refractivity contribution in [3.8, 4) is 17.2 Å². The molecule has 3 aromatic carbocycles. The van der Waals surface area contributed by atoms with Gasteiger partial charge in [0, 0.05) is 6.54 Å². The van der Waals surface area contributed by atoms with Gasteiger partial charge in [-0.3, -0.25) is 9.69 Å². The molecule has 6 nitrogen and oxygen atoms in total. The fourth-order valence-electron chi connectivity index (χ4n) is 3.87. The number of likely N-dealkylation sites (N-methyl/N-ethyl adjacent to an activating group) is 1. The van der Waals surface area contributed by atoms with Gasteiger partial charge >= 0.3 is 0 Å². The van der Waals surface area contributed by atoms with Gasteiger partial charge < -0.3 is 19.5 Å². The van der Waals surface area contributed by atoms with Crippen molar-refractivity contribution in [2.75, 3.05) is 32.1 Å². The predicted octanol–water partition coefficient (Wildman–Crippen LogP) is 4.54. The summed E-state index contributed by atoms with van der Waals surface area (Å²) in [5.74, 6) is 1.99. The third-order valence-electron chi connectivity index (χ3n) is 5.31. The molecule has 166 valence electrons. The zero-order valence-electron chi connectivity index (χ0n) is 18.4. The number of hydrogen-bond donors (Lipinski definition) is 1. The number of ether oxygens (including phenoxy) is 3. The fraction of sp³-hybridized carbons (Fsp3) is 0.269. The number of hydrogen-bond acceptors (Lipinski definition) is 5. The summed E-state index contributed by atoms with van der Waals surface area (Å²) in [7, 11) is 1.93. The first-order valence-corrected chi connectivity index (χ1v) is 10.8. The van der Waals surface area contributed by atoms with E-state index >= 15 is 0 Å². The van der Waals surface area contributed by atoms with Gasteiger partial charge in [-0.05, 0) is 43.8 Å². The van der Waals surface area contributed by atoms with Crippen LogP contribution in [0.4, 0.5) is 5.69 Å². The van der Waals surface area contributed by atoms with Crippen molar-refractivity contribution < 1.29 is 19.0 Å². The molecule has 1 N–H and O–H groups in total. The minimum Gasteiger partial charge on any atom is -0.492 e. The Labute approximate surface area is 188 Å². The summed E-state index contributed by atoms with van der Waals surface area (Å²) in [5, 5.41) is 3.05. The van der Waals surface area contributed by atoms with Gasteiger partial charge in [-0.25, -0.2) is 0 Å². The standard InChI is InChI=1S/C26H28N2O4/c1-3-30-22-14-8-7-13-21(22)27-26(29)25(19-11-5-4-6-12-19)28(2)17-20-18-31-23-15-9-10-16-24(23)32-20/h4-16,20,25H,3,17-18H2,1-2H3,(H,27,29)/t20-,25+/m0/s1. The van der Waals surface area contributed by atoms with Crippen molar-refractivity contribution in [2.24, 2.45) is 0 Å². The van der Waals surface area contributed by atoms with Gasteiger partial charge in [0.1, 0.15) is 24.5 Å². The summed E-state index contributed by atoms with van der Waals surface area (Å²) in [6.45, 7) is 3.39. The van der Waals surface area contributed by atoms with E-state index in [1.807, 2.05) is 97.7 Å². The lowest BCUT2D eigenvalue weighted by molar-refractivity contribution is -0.121. The average Bonchev–Trinajstić information content (AvgIpc) is 2.81. The number of benzene rings is 3. The molecule has 0 fully saturated rings. The van der Waals surface area contributed by atoms with Crippen LogP contribution >= 0.6 is 0 Å². The SMILES string of the molecule is CCOc1ccccc1NC(=O)[C@@H](c1ccccc1)N(C)C[C@H]1COc2ccccc2O1. The van der Waals surface area contributed by atoms with Crippen molar-refractivity contribution in [2.45, 2.75) is 19.1 Å². The molecule has 4 rings (SSSR count). The zero-order valence-corrected chi connectivity index (χ0v) is 18.4. The third-order valence-corrected chi connectivity index (χ3v) is 5.31. The highest BCUT2D eigenvalue weighted by Crippen LogP contribution is 2.32. The molecule has 0 bridgehead atoms. The Bertz CT molecular complexity index is 1040. The first-order valence-electron chi connectivity index (χ1n) is 10.8. The second-order valence-electron chi connectivity index (χ2n) is 7.67. The van der Waals surface area contributed by atoms with E-state index in [2.05, 4.69) is 5.32 Å². The molecular weight excluding hydrogens is 404 g/mol. The molecule has 1 aliphatic rings. The van der Waals surface area contributed by atoms with E-state index in [0.717, 1.165) is 17.1 Å². The molecule has 1 aliphatic heterocycles. The smallest absolute Gasteiger partial charge is 0.246 e. The summed E-state index contributed by atoms with van der Waals surface area (Å²) in [4.78, 5) is 15.5. The Balaban J connectivity index is 1.53. The monoisotopic (exact) mass is 432 g/mol. The first-order chi connectivity index (χ1) is 15.7. The molecule has 0 radical (unpaired) electrons. The van der Waals surface area contributed by atoms with Crippen LogP contribution in [0.15, 0.2) is 78.9 Å². The highest BCUT2D eigenvalue weighted by atomic mass is 16.6. The van der Waals surface area contributed by atoms with Crippen LogP contribution in [-0.4, -0.2) is 43.7 Å². The van der Waals surface area contributed by atoms with E-state index in [1.54, 1.807) is 0 Å². The van der Waals surface area contributed by atoms with Crippen LogP contribution in [0.2, 0.25) is 0 Å². The van der Waals surface area contributed by atoms with Gasteiger partial charge in [-0.1, -0.05) is 54.6 Å². The van der Waals surface area contributed by atoms with Crippen LogP contribution in [0.3, 0.4) is 0 Å². The molecule has 2 atom stereocenters. The van der Waals surface area contributed by atoms with E-state index < -0.39 is 6.04 Å². The molecule has 0 spiro atoms. The van der Waals surface area contributed by atoms with Gasteiger partial charge in [0.2, 0.25) is 5.91 Å². The van der Waals surface area contributed by atoms with Gasteiger partial charge in [-0.2, -0.15) is 0 Å². The Morgan fingerprint density at radius 2 is 1.72 bits per heavy atom. The topological polar surface area (TPSA) is 60.0 Å². The molecule has 0 saturated heterocycles. The molecule has 0 aromatic heterocycles. The first kappa shape index (κ1) is 21.7. The van der Waals surface area contributed by atoms with Crippen LogP contribution in [-0.2, 0) is 4.79 Å². The second kappa shape index (κ2) is 10.2. The highest BCUT2D eigenvalue weighted by molar-refractivity contribution is 5.96. The summed E-state index contributed by atoms with van der Waals surface area (Å²) < 4.78 is 17.6. The molecule has 1 heterocycles. The second-order valence-corrected chi connectivity index (χ2v) is 7.67. The maximum absolute atomic E-state index is 13.5. The normalized spacial score (nSPS) is 15.8. The molecule has 0 aliphatic carbocycles. The lowest BCUT2D eigenvalue weighted by Crippen LogP contribution is -2.43. The number of fused-ring (bicyclic) bond motifs is 1. The van der Waals surface area contributed by atoms with Gasteiger partial charge in [0.25, 0.3) is 0 Å². The van der Waals surface area contributed by atoms with E-state index in [-0.39, 0.29) is 12.0 Å². The lowest BCUT2D eigenvalue weighted by Gasteiger charge is -2.33. The van der Waals surface area contributed by atoms with Crippen LogP contribution in [0.25, 0.3) is 0 Å². The van der Waals surface area contributed by atoms with E-state index in [0.29, 0.717) is 31.2 Å². The average molecular weight is 433 g/mol. The van der Waals surface area contributed by atoms with Crippen molar-refractivity contribution >= 4 is 11.6 Å². The lowest BCUT2D eigenvalue weighted by atomic mass is 10.0. The summed E-state index contributed by atoms with van der Waals surface area (Å²) >= 11 is 0. The largest absolute Gasteiger partial charge is 0.492 e. The molecular formula is C26H28N2O4. The number of nitrogens with one attached hydrogen (secondary N) is 1. The highest BCUT2D eigenvalue weighted by Gasteiger charge is 2.30. The minimum absolute atomic E-state index is 0.136. The van der Waals surface area contributed by atoms with Gasteiger partial charge in [0.05, 0.1) is 12.3 Å². The van der Waals surface area contributed by atoms with Crippen LogP contribution in [0.1, 0.15) is 18.5 Å². The molecule has 6 heteroatoms. The van der Waals surface area contributed by atoms with Crippen LogP contribution in [0.5, 0.6) is 17.2 Å². The van der Waals surface area contributed by atoms with E-state index in [1.165, 1.54) is 0 Å². The van der Waals surface area contributed by atoms with E-state index in [9.17, 15) is 4.79 Å². The summed E-state index contributed by atoms with van der Waals surface area (Å²) in [6, 6.07) is 24.3. The number of anilines is 1. The number of nitrogens with zero attached hydrogens (tertiary/aromatic N) is 1. The number of carbonyl (C=O) groups excluding carboxylic acids is 1. The molecule has 32 heavy (non-hydrogen) atoms. The fourth-order valence-corrected chi connectivity index (χ4v) is 3.87. The maximum atomic E-state index is 13.5. The van der Waals surface area contributed by atoms with Crippen molar-refractivity contribution in [3.63, 3.8) is 0 Å². The summed E-state index contributed by atoms with van der Waals surface area (Å²) in [5.41, 5.74) is 1.55. The van der Waals surface area contributed by atoms with Crippen molar-refractivity contribution in [3.05, 3.63) is 84.4 Å². The number of carbonyl (C=O) groups is 1. The predicted molar refractivity (Wildman–Crippen MR) is 124 cm³/mol. The van der Waals surface area contributed by atoms with E-state index in [4.69, 9.17) is 14.2 Å². The molecule has 0 saturated carbocycles.